The van der Waals surface area contributed by atoms with Crippen LogP contribution in [0.15, 0.2) is 41.4 Å². The van der Waals surface area contributed by atoms with E-state index in [4.69, 9.17) is 45.5 Å². The lowest BCUT2D eigenvalue weighted by Gasteiger charge is -2.21. The zero-order valence-corrected chi connectivity index (χ0v) is 16.6. The Labute approximate surface area is 168 Å². The molecule has 0 saturated heterocycles. The van der Waals surface area contributed by atoms with Gasteiger partial charge in [-0.3, -0.25) is 9.79 Å². The van der Waals surface area contributed by atoms with Gasteiger partial charge in [-0.2, -0.15) is 0 Å². The summed E-state index contributed by atoms with van der Waals surface area (Å²) >= 11 is 12.2. The van der Waals surface area contributed by atoms with E-state index in [0.29, 0.717) is 28.0 Å². The van der Waals surface area contributed by atoms with Crippen molar-refractivity contribution >= 4 is 40.6 Å². The molecule has 2 rings (SSSR count). The van der Waals surface area contributed by atoms with Gasteiger partial charge >= 0.3 is 0 Å². The van der Waals surface area contributed by atoms with E-state index < -0.39 is 5.91 Å². The number of halogens is 2. The molecule has 0 bridgehead atoms. The summed E-state index contributed by atoms with van der Waals surface area (Å²) in [6.45, 7) is 0.582. The number of carbonyl (C=O) groups is 1. The minimum atomic E-state index is -0.625. The number of benzene rings is 2. The van der Waals surface area contributed by atoms with Crippen LogP contribution < -0.4 is 22.7 Å². The van der Waals surface area contributed by atoms with E-state index in [1.54, 1.807) is 30.3 Å². The van der Waals surface area contributed by atoms with Crippen molar-refractivity contribution in [1.29, 1.82) is 0 Å². The molecule has 0 radical (unpaired) electrons. The number of nitrogens with two attached hydrogens (primary N) is 3. The summed E-state index contributed by atoms with van der Waals surface area (Å²) in [6.07, 6.45) is 0. The molecule has 0 spiro atoms. The maximum absolute atomic E-state index is 11.6. The van der Waals surface area contributed by atoms with Crippen LogP contribution in [-0.4, -0.2) is 37.3 Å². The van der Waals surface area contributed by atoms with Gasteiger partial charge in [-0.15, -0.1) is 0 Å². The van der Waals surface area contributed by atoms with Gasteiger partial charge in [0.1, 0.15) is 5.84 Å². The molecule has 0 aliphatic heterocycles. The van der Waals surface area contributed by atoms with E-state index in [0.717, 1.165) is 5.56 Å². The molecular formula is C18H22Cl2N6O. The highest BCUT2D eigenvalue weighted by molar-refractivity contribution is 6.42. The molecule has 9 heteroatoms. The second-order valence-electron chi connectivity index (χ2n) is 6.20. The number of primary amides is 1. The van der Waals surface area contributed by atoms with Gasteiger partial charge in [-0.05, 0) is 43.9 Å². The monoisotopic (exact) mass is 408 g/mol. The van der Waals surface area contributed by atoms with Crippen molar-refractivity contribution in [2.24, 2.45) is 16.6 Å². The van der Waals surface area contributed by atoms with E-state index in [9.17, 15) is 4.79 Å². The number of aliphatic imine (C=N–C) groups is 1. The lowest BCUT2D eigenvalue weighted by atomic mass is 10.0. The van der Waals surface area contributed by atoms with Gasteiger partial charge in [-0.25, -0.2) is 5.84 Å². The second kappa shape index (κ2) is 9.05. The average Bonchev–Trinajstić information content (AvgIpc) is 2.61. The number of nitrogens with zero attached hydrogens (tertiary/aromatic N) is 2. The highest BCUT2D eigenvalue weighted by Gasteiger charge is 2.18. The van der Waals surface area contributed by atoms with E-state index >= 15 is 0 Å². The molecule has 0 fully saturated rings. The van der Waals surface area contributed by atoms with Crippen LogP contribution in [-0.2, 0) is 0 Å². The van der Waals surface area contributed by atoms with Gasteiger partial charge < -0.3 is 21.8 Å². The molecule has 0 heterocycles. The van der Waals surface area contributed by atoms with Crippen molar-refractivity contribution in [3.05, 3.63) is 63.1 Å². The fourth-order valence-corrected chi connectivity index (χ4v) is 2.92. The Morgan fingerprint density at radius 3 is 2.41 bits per heavy atom. The second-order valence-corrected chi connectivity index (χ2v) is 7.02. The number of rotatable bonds is 6. The number of nitrogens with one attached hydrogen (secondary N) is 1. The predicted molar refractivity (Wildman–Crippen MR) is 111 cm³/mol. The number of carbonyl (C=O) groups excluding carboxylic acids is 1. The molecule has 0 aliphatic carbocycles. The summed E-state index contributed by atoms with van der Waals surface area (Å²) < 4.78 is 0. The van der Waals surface area contributed by atoms with Crippen LogP contribution in [0.4, 0.5) is 5.69 Å². The van der Waals surface area contributed by atoms with Crippen LogP contribution in [0.3, 0.4) is 0 Å². The molecule has 2 aromatic carbocycles. The number of amidine groups is 1. The minimum Gasteiger partial charge on any atom is -0.397 e. The summed E-state index contributed by atoms with van der Waals surface area (Å²) in [5, 5.41) is 0.897. The zero-order chi connectivity index (χ0) is 20.1. The van der Waals surface area contributed by atoms with Gasteiger partial charge in [-0.1, -0.05) is 35.3 Å². The third-order valence-electron chi connectivity index (χ3n) is 3.91. The van der Waals surface area contributed by atoms with Gasteiger partial charge in [0, 0.05) is 12.1 Å². The van der Waals surface area contributed by atoms with Crippen LogP contribution in [0.2, 0.25) is 10.0 Å². The topological polar surface area (TPSA) is 123 Å². The van der Waals surface area contributed by atoms with Gasteiger partial charge in [0.15, 0.2) is 0 Å². The van der Waals surface area contributed by atoms with Crippen LogP contribution >= 0.6 is 23.2 Å². The Kier molecular flexibility index (Phi) is 7.04. The first-order valence-corrected chi connectivity index (χ1v) is 8.83. The highest BCUT2D eigenvalue weighted by atomic mass is 35.5. The first-order chi connectivity index (χ1) is 12.7. The van der Waals surface area contributed by atoms with E-state index in [1.807, 2.05) is 25.1 Å². The number of para-hydroxylation sites is 1. The van der Waals surface area contributed by atoms with E-state index in [-0.39, 0.29) is 17.3 Å². The normalized spacial score (nSPS) is 12.9. The number of hydrogen-bond acceptors (Lipinski definition) is 5. The van der Waals surface area contributed by atoms with E-state index in [2.05, 4.69) is 5.43 Å². The van der Waals surface area contributed by atoms with Crippen LogP contribution in [0.25, 0.3) is 0 Å². The summed E-state index contributed by atoms with van der Waals surface area (Å²) in [5.74, 6) is 5.40. The van der Waals surface area contributed by atoms with Crippen molar-refractivity contribution in [2.75, 3.05) is 26.4 Å². The molecule has 7 nitrogen and oxygen atoms in total. The minimum absolute atomic E-state index is 0.203. The Morgan fingerprint density at radius 2 is 1.85 bits per heavy atom. The third-order valence-corrected chi connectivity index (χ3v) is 4.65. The Bertz CT molecular complexity index is 869. The smallest absolute Gasteiger partial charge is 0.250 e. The molecule has 0 saturated carbocycles. The van der Waals surface area contributed by atoms with Crippen LogP contribution in [0.1, 0.15) is 27.5 Å². The number of hydrogen-bond donors (Lipinski definition) is 4. The number of anilines is 1. The zero-order valence-electron chi connectivity index (χ0n) is 15.0. The fraction of sp³-hybridized carbons (Fsp3) is 0.222. The number of amides is 1. The molecule has 7 N–H and O–H groups in total. The first-order valence-electron chi connectivity index (χ1n) is 8.07. The maximum atomic E-state index is 11.6. The molecule has 27 heavy (non-hydrogen) atoms. The van der Waals surface area contributed by atoms with Crippen molar-refractivity contribution < 1.29 is 4.79 Å². The van der Waals surface area contributed by atoms with Crippen LogP contribution in [0, 0.1) is 0 Å². The standard InChI is InChI=1S/C18H22Cl2N6O/c1-26(2)9-15(10-6-7-13(19)14(20)8-10)24-18(25-23)12-5-3-4-11(16(12)21)17(22)27/h3-8,15H,9,21,23H2,1-2H3,(H2,22,27)(H,24,25). The quantitative estimate of drug-likeness (QED) is 0.192. The summed E-state index contributed by atoms with van der Waals surface area (Å²) in [6, 6.07) is 9.95. The molecule has 0 aromatic heterocycles. The summed E-state index contributed by atoms with van der Waals surface area (Å²) in [5.41, 5.74) is 15.8. The Hall–Kier alpha value is -2.32. The molecule has 1 unspecified atom stereocenters. The summed E-state index contributed by atoms with van der Waals surface area (Å²) in [7, 11) is 3.86. The van der Waals surface area contributed by atoms with E-state index in [1.165, 1.54) is 0 Å². The fourth-order valence-electron chi connectivity index (χ4n) is 2.61. The lowest BCUT2D eigenvalue weighted by Crippen LogP contribution is -2.33. The van der Waals surface area contributed by atoms with Crippen molar-refractivity contribution in [3.8, 4) is 0 Å². The molecule has 2 aromatic rings. The third kappa shape index (κ3) is 5.11. The van der Waals surface area contributed by atoms with Crippen molar-refractivity contribution in [1.82, 2.24) is 10.3 Å². The molecule has 0 aliphatic rings. The SMILES string of the molecule is CN(C)CC(N=C(NN)c1cccc(C(N)=O)c1N)c1ccc(Cl)c(Cl)c1. The molecule has 1 amide bonds. The van der Waals surface area contributed by atoms with Crippen molar-refractivity contribution in [3.63, 3.8) is 0 Å². The number of nitrogen functional groups attached to an aromatic ring is 1. The number of hydrazine groups is 1. The van der Waals surface area contributed by atoms with Crippen molar-refractivity contribution in [2.45, 2.75) is 6.04 Å². The Balaban J connectivity index is 2.54. The first kappa shape index (κ1) is 21.0. The predicted octanol–water partition coefficient (Wildman–Crippen LogP) is 2.19. The highest BCUT2D eigenvalue weighted by Crippen LogP contribution is 2.28. The molecule has 1 atom stereocenters. The number of likely N-dealkylation sites (N-methyl/N-ethyl adjacent to an activating group) is 1. The van der Waals surface area contributed by atoms with Crippen LogP contribution in [0.5, 0.6) is 0 Å². The summed E-state index contributed by atoms with van der Waals surface area (Å²) in [4.78, 5) is 18.3. The molecule has 144 valence electrons. The largest absolute Gasteiger partial charge is 0.397 e. The lowest BCUT2D eigenvalue weighted by molar-refractivity contribution is 0.100. The van der Waals surface area contributed by atoms with Gasteiger partial charge in [0.25, 0.3) is 5.91 Å². The average molecular weight is 409 g/mol. The molecular weight excluding hydrogens is 387 g/mol. The Morgan fingerprint density at radius 1 is 1.19 bits per heavy atom. The maximum Gasteiger partial charge on any atom is 0.250 e. The van der Waals surface area contributed by atoms with Gasteiger partial charge in [0.2, 0.25) is 0 Å². The van der Waals surface area contributed by atoms with Gasteiger partial charge in [0.05, 0.1) is 27.3 Å².